The van der Waals surface area contributed by atoms with Gasteiger partial charge < -0.3 is 4.74 Å². The topological polar surface area (TPSA) is 72.5 Å². The molecule has 2 aromatic carbocycles. The van der Waals surface area contributed by atoms with E-state index >= 15 is 0 Å². The smallest absolute Gasteiger partial charge is 0.343 e. The predicted molar refractivity (Wildman–Crippen MR) is 86.9 cm³/mol. The zero-order valence-corrected chi connectivity index (χ0v) is 12.6. The summed E-state index contributed by atoms with van der Waals surface area (Å²) < 4.78 is 5.24. The van der Waals surface area contributed by atoms with Crippen LogP contribution in [0.25, 0.3) is 6.08 Å². The quantitative estimate of drug-likeness (QED) is 0.533. The maximum Gasteiger partial charge on any atom is 0.343 e. The number of imide groups is 1. The van der Waals surface area contributed by atoms with E-state index in [0.717, 1.165) is 11.8 Å². The molecule has 1 fully saturated rings. The van der Waals surface area contributed by atoms with Gasteiger partial charge in [-0.1, -0.05) is 30.3 Å². The van der Waals surface area contributed by atoms with Gasteiger partial charge in [0.05, 0.1) is 10.5 Å². The van der Waals surface area contributed by atoms with Gasteiger partial charge in [-0.05, 0) is 47.7 Å². The number of esters is 1. The Kier molecular flexibility index (Phi) is 4.25. The minimum atomic E-state index is -0.460. The Bertz CT molecular complexity index is 797. The highest BCUT2D eigenvalue weighted by Crippen LogP contribution is 2.25. The van der Waals surface area contributed by atoms with Gasteiger partial charge in [-0.2, -0.15) is 0 Å². The molecule has 0 saturated carbocycles. The minimum absolute atomic E-state index is 0.328. The normalized spacial score (nSPS) is 15.6. The molecule has 0 bridgehead atoms. The number of benzene rings is 2. The predicted octanol–water partition coefficient (Wildman–Crippen LogP) is 3.23. The zero-order chi connectivity index (χ0) is 16.2. The summed E-state index contributed by atoms with van der Waals surface area (Å²) in [6, 6.07) is 15.4. The van der Waals surface area contributed by atoms with Gasteiger partial charge in [0.1, 0.15) is 5.75 Å². The Hall–Kier alpha value is -2.86. The van der Waals surface area contributed by atoms with Gasteiger partial charge in [0.25, 0.3) is 11.1 Å². The largest absolute Gasteiger partial charge is 0.423 e. The van der Waals surface area contributed by atoms with Crippen LogP contribution in [0.2, 0.25) is 0 Å². The Morgan fingerprint density at radius 3 is 2.30 bits per heavy atom. The molecular formula is C17H11NO4S. The third kappa shape index (κ3) is 3.67. The van der Waals surface area contributed by atoms with E-state index < -0.39 is 11.9 Å². The first kappa shape index (κ1) is 15.1. The van der Waals surface area contributed by atoms with Crippen LogP contribution in [-0.4, -0.2) is 17.1 Å². The van der Waals surface area contributed by atoms with Crippen molar-refractivity contribution in [3.8, 4) is 5.75 Å². The Morgan fingerprint density at radius 2 is 1.70 bits per heavy atom. The summed E-state index contributed by atoms with van der Waals surface area (Å²) in [4.78, 5) is 34.9. The molecule has 6 heteroatoms. The Labute approximate surface area is 136 Å². The van der Waals surface area contributed by atoms with Gasteiger partial charge in [-0.3, -0.25) is 14.9 Å². The highest BCUT2D eigenvalue weighted by atomic mass is 32.2. The van der Waals surface area contributed by atoms with E-state index in [2.05, 4.69) is 5.32 Å². The summed E-state index contributed by atoms with van der Waals surface area (Å²) in [5.74, 6) is -0.396. The molecule has 1 aliphatic rings. The van der Waals surface area contributed by atoms with Gasteiger partial charge in [-0.25, -0.2) is 4.79 Å². The number of carbonyl (C=O) groups excluding carboxylic acids is 3. The zero-order valence-electron chi connectivity index (χ0n) is 11.8. The molecular weight excluding hydrogens is 314 g/mol. The average Bonchev–Trinajstić information content (AvgIpc) is 2.86. The maximum absolute atomic E-state index is 12.0. The first-order valence-corrected chi connectivity index (χ1v) is 7.55. The van der Waals surface area contributed by atoms with Crippen LogP contribution in [0.4, 0.5) is 4.79 Å². The number of hydrogen-bond donors (Lipinski definition) is 1. The third-order valence-electron chi connectivity index (χ3n) is 3.04. The molecule has 5 nitrogen and oxygen atoms in total. The number of para-hydroxylation sites is 1. The molecule has 2 aromatic rings. The molecule has 3 rings (SSSR count). The molecule has 0 spiro atoms. The summed E-state index contributed by atoms with van der Waals surface area (Å²) in [7, 11) is 0. The number of carbonyl (C=O) groups is 3. The number of amides is 2. The molecule has 0 aliphatic carbocycles. The highest BCUT2D eigenvalue weighted by Gasteiger charge is 2.24. The third-order valence-corrected chi connectivity index (χ3v) is 3.85. The van der Waals surface area contributed by atoms with Crippen molar-refractivity contribution in [2.75, 3.05) is 0 Å². The lowest BCUT2D eigenvalue weighted by atomic mass is 10.1. The number of thioether (sulfide) groups is 1. The summed E-state index contributed by atoms with van der Waals surface area (Å²) in [5.41, 5.74) is 1.12. The number of rotatable bonds is 3. The second-order valence-corrected chi connectivity index (χ2v) is 5.69. The lowest BCUT2D eigenvalue weighted by molar-refractivity contribution is -0.115. The fourth-order valence-electron chi connectivity index (χ4n) is 1.94. The lowest BCUT2D eigenvalue weighted by Gasteiger charge is -2.04. The second kappa shape index (κ2) is 6.50. The van der Waals surface area contributed by atoms with E-state index in [1.807, 2.05) is 6.07 Å². The maximum atomic E-state index is 12.0. The van der Waals surface area contributed by atoms with Crippen molar-refractivity contribution in [2.24, 2.45) is 0 Å². The van der Waals surface area contributed by atoms with Gasteiger partial charge in [0, 0.05) is 0 Å². The molecule has 2 amide bonds. The molecule has 0 unspecified atom stereocenters. The van der Waals surface area contributed by atoms with Crippen LogP contribution in [0.1, 0.15) is 15.9 Å². The molecule has 114 valence electrons. The van der Waals surface area contributed by atoms with Crippen molar-refractivity contribution in [1.29, 1.82) is 0 Å². The second-order valence-electron chi connectivity index (χ2n) is 4.68. The number of ether oxygens (including phenoxy) is 1. The molecule has 0 atom stereocenters. The van der Waals surface area contributed by atoms with Gasteiger partial charge in [0.2, 0.25) is 0 Å². The monoisotopic (exact) mass is 325 g/mol. The van der Waals surface area contributed by atoms with Gasteiger partial charge in [0.15, 0.2) is 0 Å². The number of hydrogen-bond acceptors (Lipinski definition) is 5. The fraction of sp³-hybridized carbons (Fsp3) is 0. The molecule has 0 radical (unpaired) electrons. The fourth-order valence-corrected chi connectivity index (χ4v) is 2.62. The van der Waals surface area contributed by atoms with Crippen molar-refractivity contribution in [3.05, 3.63) is 70.6 Å². The summed E-state index contributed by atoms with van der Waals surface area (Å²) in [6.45, 7) is 0. The standard InChI is InChI=1S/C17H11NO4S/c19-15-14(23-17(21)18-15)10-11-6-8-12(9-7-11)16(20)22-13-4-2-1-3-5-13/h1-10H,(H,18,19,21)/b14-10+. The lowest BCUT2D eigenvalue weighted by Crippen LogP contribution is -2.17. The van der Waals surface area contributed by atoms with Crippen molar-refractivity contribution in [1.82, 2.24) is 5.32 Å². The van der Waals surface area contributed by atoms with E-state index in [0.29, 0.717) is 21.8 Å². The summed E-state index contributed by atoms with van der Waals surface area (Å²) in [6.07, 6.45) is 1.59. The summed E-state index contributed by atoms with van der Waals surface area (Å²) >= 11 is 0.851. The van der Waals surface area contributed by atoms with E-state index in [4.69, 9.17) is 4.74 Å². The average molecular weight is 325 g/mol. The van der Waals surface area contributed by atoms with E-state index in [1.165, 1.54) is 0 Å². The van der Waals surface area contributed by atoms with Gasteiger partial charge >= 0.3 is 5.97 Å². The van der Waals surface area contributed by atoms with E-state index in [1.54, 1.807) is 54.6 Å². The molecule has 1 N–H and O–H groups in total. The molecule has 23 heavy (non-hydrogen) atoms. The van der Waals surface area contributed by atoms with Crippen LogP contribution in [0.5, 0.6) is 5.75 Å². The van der Waals surface area contributed by atoms with Crippen molar-refractivity contribution in [3.63, 3.8) is 0 Å². The van der Waals surface area contributed by atoms with Crippen LogP contribution < -0.4 is 10.1 Å². The molecule has 0 aromatic heterocycles. The molecule has 1 heterocycles. The van der Waals surface area contributed by atoms with E-state index in [-0.39, 0.29) is 5.24 Å². The minimum Gasteiger partial charge on any atom is -0.423 e. The molecule has 1 aliphatic heterocycles. The van der Waals surface area contributed by atoms with Crippen molar-refractivity contribution in [2.45, 2.75) is 0 Å². The van der Waals surface area contributed by atoms with Crippen LogP contribution >= 0.6 is 11.8 Å². The van der Waals surface area contributed by atoms with Crippen LogP contribution in [-0.2, 0) is 4.79 Å². The first-order valence-electron chi connectivity index (χ1n) is 6.74. The summed E-state index contributed by atoms with van der Waals surface area (Å²) in [5, 5.41) is 1.80. The van der Waals surface area contributed by atoms with Crippen LogP contribution in [0.15, 0.2) is 59.5 Å². The van der Waals surface area contributed by atoms with Crippen LogP contribution in [0, 0.1) is 0 Å². The first-order chi connectivity index (χ1) is 11.1. The Balaban J connectivity index is 1.72. The SMILES string of the molecule is O=C1NC(=O)/C(=C\c2ccc(C(=O)Oc3ccccc3)cc2)S1. The molecule has 1 saturated heterocycles. The number of nitrogens with one attached hydrogen (secondary N) is 1. The highest BCUT2D eigenvalue weighted by molar-refractivity contribution is 8.18. The van der Waals surface area contributed by atoms with Crippen molar-refractivity contribution >= 4 is 35.0 Å². The van der Waals surface area contributed by atoms with Gasteiger partial charge in [-0.15, -0.1) is 0 Å². The Morgan fingerprint density at radius 1 is 1.00 bits per heavy atom. The van der Waals surface area contributed by atoms with Crippen LogP contribution in [0.3, 0.4) is 0 Å². The van der Waals surface area contributed by atoms with Crippen molar-refractivity contribution < 1.29 is 19.1 Å². The van der Waals surface area contributed by atoms with E-state index in [9.17, 15) is 14.4 Å².